The van der Waals surface area contributed by atoms with Crippen molar-refractivity contribution < 1.29 is 0 Å². The van der Waals surface area contributed by atoms with Crippen LogP contribution in [0.25, 0.3) is 10.9 Å². The molecule has 3 nitrogen and oxygen atoms in total. The molecule has 2 heterocycles. The molecule has 0 aliphatic carbocycles. The molecule has 0 amide bonds. The van der Waals surface area contributed by atoms with E-state index in [1.165, 1.54) is 0 Å². The monoisotopic (exact) mass is 235 g/mol. The lowest BCUT2D eigenvalue weighted by atomic mass is 10.1. The highest BCUT2D eigenvalue weighted by atomic mass is 35.5. The second-order valence-electron chi connectivity index (χ2n) is 4.29. The number of aromatic nitrogens is 2. The molecule has 0 spiro atoms. The zero-order valence-electron chi connectivity index (χ0n) is 8.99. The summed E-state index contributed by atoms with van der Waals surface area (Å²) in [5, 5.41) is 9.88. The van der Waals surface area contributed by atoms with Crippen LogP contribution < -0.4 is 5.32 Å². The molecular formula is C12H14ClN3. The zero-order valence-corrected chi connectivity index (χ0v) is 9.74. The largest absolute Gasteiger partial charge is 0.317 e. The third-order valence-electron chi connectivity index (χ3n) is 3.17. The van der Waals surface area contributed by atoms with E-state index < -0.39 is 0 Å². The van der Waals surface area contributed by atoms with Crippen molar-refractivity contribution in [3.63, 3.8) is 0 Å². The van der Waals surface area contributed by atoms with Gasteiger partial charge in [0, 0.05) is 16.6 Å². The van der Waals surface area contributed by atoms with Gasteiger partial charge in [-0.1, -0.05) is 11.6 Å². The third-order valence-corrected chi connectivity index (χ3v) is 3.40. The zero-order chi connectivity index (χ0) is 11.0. The number of piperidine rings is 1. The molecule has 84 valence electrons. The van der Waals surface area contributed by atoms with Gasteiger partial charge in [0.15, 0.2) is 0 Å². The fraction of sp³-hybridized carbons (Fsp3) is 0.417. The molecule has 1 N–H and O–H groups in total. The van der Waals surface area contributed by atoms with Crippen LogP contribution >= 0.6 is 11.6 Å². The van der Waals surface area contributed by atoms with Crippen molar-refractivity contribution >= 4 is 22.5 Å². The van der Waals surface area contributed by atoms with Gasteiger partial charge in [-0.3, -0.25) is 4.68 Å². The minimum atomic E-state index is 0.535. The quantitative estimate of drug-likeness (QED) is 0.824. The average molecular weight is 236 g/mol. The first-order chi connectivity index (χ1) is 7.83. The minimum Gasteiger partial charge on any atom is -0.317 e. The van der Waals surface area contributed by atoms with E-state index in [0.29, 0.717) is 6.04 Å². The van der Waals surface area contributed by atoms with Gasteiger partial charge in [-0.2, -0.15) is 5.10 Å². The van der Waals surface area contributed by atoms with E-state index in [1.807, 2.05) is 18.2 Å². The lowest BCUT2D eigenvalue weighted by Gasteiger charge is -2.22. The fourth-order valence-electron chi connectivity index (χ4n) is 2.27. The van der Waals surface area contributed by atoms with E-state index in [2.05, 4.69) is 21.3 Å². The van der Waals surface area contributed by atoms with Crippen LogP contribution in [0.2, 0.25) is 5.02 Å². The summed E-state index contributed by atoms with van der Waals surface area (Å²) in [6.07, 6.45) is 4.42. The van der Waals surface area contributed by atoms with Crippen LogP contribution in [0.4, 0.5) is 0 Å². The van der Waals surface area contributed by atoms with E-state index in [0.717, 1.165) is 41.9 Å². The van der Waals surface area contributed by atoms with Gasteiger partial charge in [0.25, 0.3) is 0 Å². The summed E-state index contributed by atoms with van der Waals surface area (Å²) in [7, 11) is 0. The molecular weight excluding hydrogens is 222 g/mol. The van der Waals surface area contributed by atoms with Crippen molar-refractivity contribution in [2.75, 3.05) is 13.1 Å². The maximum absolute atomic E-state index is 5.97. The minimum absolute atomic E-state index is 0.535. The SMILES string of the molecule is Clc1ccc2nn(C3CCNCC3)cc2c1. The van der Waals surface area contributed by atoms with Gasteiger partial charge in [0.05, 0.1) is 11.6 Å². The van der Waals surface area contributed by atoms with E-state index in [9.17, 15) is 0 Å². The van der Waals surface area contributed by atoms with Crippen LogP contribution in [-0.2, 0) is 0 Å². The van der Waals surface area contributed by atoms with Crippen molar-refractivity contribution in [3.05, 3.63) is 29.4 Å². The normalized spacial score (nSPS) is 18.1. The topological polar surface area (TPSA) is 29.9 Å². The van der Waals surface area contributed by atoms with Gasteiger partial charge in [0.2, 0.25) is 0 Å². The molecule has 0 bridgehead atoms. The Morgan fingerprint density at radius 2 is 2.12 bits per heavy atom. The van der Waals surface area contributed by atoms with E-state index in [-0.39, 0.29) is 0 Å². The molecule has 1 aromatic heterocycles. The summed E-state index contributed by atoms with van der Waals surface area (Å²) >= 11 is 5.97. The smallest absolute Gasteiger partial charge is 0.0924 e. The Kier molecular flexibility index (Phi) is 2.58. The van der Waals surface area contributed by atoms with E-state index >= 15 is 0 Å². The molecule has 0 saturated carbocycles. The van der Waals surface area contributed by atoms with Crippen molar-refractivity contribution in [2.45, 2.75) is 18.9 Å². The third kappa shape index (κ3) is 1.81. The highest BCUT2D eigenvalue weighted by Crippen LogP contribution is 2.23. The first kappa shape index (κ1) is 10.1. The van der Waals surface area contributed by atoms with Gasteiger partial charge >= 0.3 is 0 Å². The lowest BCUT2D eigenvalue weighted by molar-refractivity contribution is 0.345. The summed E-state index contributed by atoms with van der Waals surface area (Å²) in [6.45, 7) is 2.17. The molecule has 4 heteroatoms. The number of fused-ring (bicyclic) bond motifs is 1. The van der Waals surface area contributed by atoms with Crippen LogP contribution in [0, 0.1) is 0 Å². The highest BCUT2D eigenvalue weighted by Gasteiger charge is 2.15. The summed E-state index contributed by atoms with van der Waals surface area (Å²) in [4.78, 5) is 0. The summed E-state index contributed by atoms with van der Waals surface area (Å²) in [5.74, 6) is 0. The van der Waals surface area contributed by atoms with Crippen molar-refractivity contribution in [3.8, 4) is 0 Å². The fourth-order valence-corrected chi connectivity index (χ4v) is 2.45. The molecule has 1 aromatic carbocycles. The number of halogens is 1. The first-order valence-corrected chi connectivity index (χ1v) is 6.06. The van der Waals surface area contributed by atoms with Crippen molar-refractivity contribution in [2.24, 2.45) is 0 Å². The first-order valence-electron chi connectivity index (χ1n) is 5.68. The van der Waals surface area contributed by atoms with Crippen LogP contribution in [-0.4, -0.2) is 22.9 Å². The molecule has 3 rings (SSSR count). The standard InChI is InChI=1S/C12H14ClN3/c13-10-1-2-12-9(7-10)8-16(15-12)11-3-5-14-6-4-11/h1-2,7-8,11,14H,3-6H2. The number of nitrogens with zero attached hydrogens (tertiary/aromatic N) is 2. The van der Waals surface area contributed by atoms with Gasteiger partial charge in [-0.25, -0.2) is 0 Å². The maximum Gasteiger partial charge on any atom is 0.0924 e. The maximum atomic E-state index is 5.97. The lowest BCUT2D eigenvalue weighted by Crippen LogP contribution is -2.29. The van der Waals surface area contributed by atoms with Gasteiger partial charge in [0.1, 0.15) is 0 Å². The van der Waals surface area contributed by atoms with Gasteiger partial charge < -0.3 is 5.32 Å². The number of rotatable bonds is 1. The number of hydrogen-bond donors (Lipinski definition) is 1. The van der Waals surface area contributed by atoms with E-state index in [1.54, 1.807) is 0 Å². The number of nitrogens with one attached hydrogen (secondary N) is 1. The molecule has 1 aliphatic heterocycles. The highest BCUT2D eigenvalue weighted by molar-refractivity contribution is 6.31. The average Bonchev–Trinajstić information content (AvgIpc) is 2.73. The van der Waals surface area contributed by atoms with Crippen molar-refractivity contribution in [1.82, 2.24) is 15.1 Å². The molecule has 2 aromatic rings. The second kappa shape index (κ2) is 4.07. The second-order valence-corrected chi connectivity index (χ2v) is 4.73. The van der Waals surface area contributed by atoms with E-state index in [4.69, 9.17) is 11.6 Å². The Balaban J connectivity index is 1.97. The van der Waals surface area contributed by atoms with Gasteiger partial charge in [-0.15, -0.1) is 0 Å². The predicted molar refractivity (Wildman–Crippen MR) is 65.9 cm³/mol. The molecule has 16 heavy (non-hydrogen) atoms. The van der Waals surface area contributed by atoms with Crippen LogP contribution in [0.5, 0.6) is 0 Å². The molecule has 0 unspecified atom stereocenters. The van der Waals surface area contributed by atoms with Crippen LogP contribution in [0.15, 0.2) is 24.4 Å². The molecule has 0 radical (unpaired) electrons. The molecule has 1 saturated heterocycles. The Morgan fingerprint density at radius 3 is 2.94 bits per heavy atom. The van der Waals surface area contributed by atoms with Crippen LogP contribution in [0.1, 0.15) is 18.9 Å². The number of hydrogen-bond acceptors (Lipinski definition) is 2. The summed E-state index contributed by atoms with van der Waals surface area (Å²) < 4.78 is 2.10. The Bertz CT molecular complexity index is 500. The molecule has 1 aliphatic rings. The Labute approximate surface area is 99.4 Å². The molecule has 0 atom stereocenters. The summed E-state index contributed by atoms with van der Waals surface area (Å²) in [6, 6.07) is 6.38. The number of benzene rings is 1. The van der Waals surface area contributed by atoms with Crippen LogP contribution in [0.3, 0.4) is 0 Å². The summed E-state index contributed by atoms with van der Waals surface area (Å²) in [5.41, 5.74) is 1.03. The van der Waals surface area contributed by atoms with Crippen molar-refractivity contribution in [1.29, 1.82) is 0 Å². The molecule has 1 fully saturated rings. The Morgan fingerprint density at radius 1 is 1.31 bits per heavy atom. The Hall–Kier alpha value is -1.06. The van der Waals surface area contributed by atoms with Gasteiger partial charge in [-0.05, 0) is 44.1 Å². The predicted octanol–water partition coefficient (Wildman–Crippen LogP) is 2.61.